The second-order valence-electron chi connectivity index (χ2n) is 4.55. The number of benzene rings is 1. The van der Waals surface area contributed by atoms with Crippen LogP contribution < -0.4 is 10.6 Å². The molecular weight excluding hydrogens is 279 g/mol. The minimum absolute atomic E-state index is 0.138. The van der Waals surface area contributed by atoms with Crippen LogP contribution in [0.5, 0.6) is 0 Å². The molecule has 0 aromatic heterocycles. The van der Waals surface area contributed by atoms with Crippen LogP contribution in [0.25, 0.3) is 0 Å². The fraction of sp³-hybridized carbons (Fsp3) is 0.417. The fourth-order valence-corrected chi connectivity index (χ4v) is 2.14. The van der Waals surface area contributed by atoms with Crippen molar-refractivity contribution in [2.75, 3.05) is 11.4 Å². The largest absolute Gasteiger partial charge is 0.405 e. The first-order valence-corrected chi connectivity index (χ1v) is 6.13. The minimum Gasteiger partial charge on any atom is -0.384 e. The van der Waals surface area contributed by atoms with Crippen molar-refractivity contribution in [2.45, 2.75) is 25.1 Å². The van der Waals surface area contributed by atoms with E-state index in [0.717, 1.165) is 12.8 Å². The molecule has 0 heterocycles. The second-order valence-corrected chi connectivity index (χ2v) is 4.99. The zero-order valence-corrected chi connectivity index (χ0v) is 10.7. The van der Waals surface area contributed by atoms with E-state index in [2.05, 4.69) is 0 Å². The molecule has 0 atom stereocenters. The van der Waals surface area contributed by atoms with E-state index in [1.165, 1.54) is 23.1 Å². The SMILES string of the molecule is N=C(N)c1cc(Cl)ccc1N(CC(F)(F)F)C1CC1. The summed E-state index contributed by atoms with van der Waals surface area (Å²) in [6, 6.07) is 4.28. The number of amidine groups is 1. The maximum atomic E-state index is 12.6. The standard InChI is InChI=1S/C12H13ClF3N3/c13-7-1-4-10(9(5-7)11(17)18)19(8-2-3-8)6-12(14,15)16/h1,4-5,8H,2-3,6H2,(H3,17,18). The van der Waals surface area contributed by atoms with Crippen molar-refractivity contribution in [2.24, 2.45) is 5.73 Å². The Morgan fingerprint density at radius 1 is 1.42 bits per heavy atom. The maximum absolute atomic E-state index is 12.6. The predicted octanol–water partition coefficient (Wildman–Crippen LogP) is 3.16. The van der Waals surface area contributed by atoms with Crippen LogP contribution in [0, 0.1) is 5.41 Å². The molecule has 0 bridgehead atoms. The van der Waals surface area contributed by atoms with Gasteiger partial charge < -0.3 is 10.6 Å². The van der Waals surface area contributed by atoms with Gasteiger partial charge in [0.15, 0.2) is 0 Å². The lowest BCUT2D eigenvalue weighted by molar-refractivity contribution is -0.120. The van der Waals surface area contributed by atoms with E-state index in [1.807, 2.05) is 0 Å². The highest BCUT2D eigenvalue weighted by molar-refractivity contribution is 6.31. The highest BCUT2D eigenvalue weighted by Crippen LogP contribution is 2.36. The molecule has 0 spiro atoms. The average Bonchev–Trinajstić information content (AvgIpc) is 3.08. The third-order valence-electron chi connectivity index (χ3n) is 2.90. The van der Waals surface area contributed by atoms with Gasteiger partial charge in [0.2, 0.25) is 0 Å². The molecule has 104 valence electrons. The Bertz CT molecular complexity index is 497. The molecule has 3 N–H and O–H groups in total. The number of nitrogen functional groups attached to an aromatic ring is 1. The van der Waals surface area contributed by atoms with Crippen LogP contribution in [-0.2, 0) is 0 Å². The summed E-state index contributed by atoms with van der Waals surface area (Å²) in [5.74, 6) is -0.287. The summed E-state index contributed by atoms with van der Waals surface area (Å²) in [7, 11) is 0. The van der Waals surface area contributed by atoms with Gasteiger partial charge in [-0.25, -0.2) is 0 Å². The molecule has 1 aliphatic carbocycles. The first-order valence-electron chi connectivity index (χ1n) is 5.75. The van der Waals surface area contributed by atoms with Gasteiger partial charge >= 0.3 is 6.18 Å². The monoisotopic (exact) mass is 291 g/mol. The normalized spacial score (nSPS) is 15.4. The van der Waals surface area contributed by atoms with Gasteiger partial charge in [-0.15, -0.1) is 0 Å². The zero-order chi connectivity index (χ0) is 14.2. The van der Waals surface area contributed by atoms with Gasteiger partial charge in [-0.05, 0) is 31.0 Å². The van der Waals surface area contributed by atoms with Crippen LogP contribution in [0.15, 0.2) is 18.2 Å². The Morgan fingerprint density at radius 3 is 2.53 bits per heavy atom. The Kier molecular flexibility index (Phi) is 3.62. The van der Waals surface area contributed by atoms with Crippen LogP contribution in [0.3, 0.4) is 0 Å². The topological polar surface area (TPSA) is 53.1 Å². The van der Waals surface area contributed by atoms with Gasteiger partial charge in [0.05, 0.1) is 0 Å². The maximum Gasteiger partial charge on any atom is 0.405 e. The molecule has 0 radical (unpaired) electrons. The zero-order valence-electron chi connectivity index (χ0n) is 9.97. The number of rotatable bonds is 4. The predicted molar refractivity (Wildman–Crippen MR) is 68.9 cm³/mol. The highest BCUT2D eigenvalue weighted by atomic mass is 35.5. The van der Waals surface area contributed by atoms with Gasteiger partial charge in [0, 0.05) is 22.3 Å². The summed E-state index contributed by atoms with van der Waals surface area (Å²) in [5, 5.41) is 7.81. The molecule has 1 aromatic rings. The van der Waals surface area contributed by atoms with Crippen molar-refractivity contribution in [3.8, 4) is 0 Å². The third-order valence-corrected chi connectivity index (χ3v) is 3.13. The Morgan fingerprint density at radius 2 is 2.05 bits per heavy atom. The molecule has 19 heavy (non-hydrogen) atoms. The molecule has 1 fully saturated rings. The lowest BCUT2D eigenvalue weighted by atomic mass is 10.1. The van der Waals surface area contributed by atoms with Crippen molar-refractivity contribution >= 4 is 23.1 Å². The van der Waals surface area contributed by atoms with E-state index in [9.17, 15) is 13.2 Å². The van der Waals surface area contributed by atoms with Gasteiger partial charge in [-0.2, -0.15) is 13.2 Å². The molecule has 2 rings (SSSR count). The first-order chi connectivity index (χ1) is 8.78. The van der Waals surface area contributed by atoms with Gasteiger partial charge in [0.25, 0.3) is 0 Å². The Hall–Kier alpha value is -1.43. The number of nitrogens with zero attached hydrogens (tertiary/aromatic N) is 1. The molecule has 0 aliphatic heterocycles. The Balaban J connectivity index is 2.39. The van der Waals surface area contributed by atoms with Crippen LogP contribution in [0.4, 0.5) is 18.9 Å². The highest BCUT2D eigenvalue weighted by Gasteiger charge is 2.39. The van der Waals surface area contributed by atoms with E-state index >= 15 is 0 Å². The number of hydrogen-bond donors (Lipinski definition) is 2. The van der Waals surface area contributed by atoms with Crippen LogP contribution in [-0.4, -0.2) is 24.6 Å². The smallest absolute Gasteiger partial charge is 0.384 e. The summed E-state index contributed by atoms with van der Waals surface area (Å²) < 4.78 is 37.9. The quantitative estimate of drug-likeness (QED) is 0.661. The molecule has 0 saturated heterocycles. The number of alkyl halides is 3. The van der Waals surface area contributed by atoms with E-state index in [1.54, 1.807) is 0 Å². The molecule has 1 aliphatic rings. The van der Waals surface area contributed by atoms with Crippen molar-refractivity contribution in [3.63, 3.8) is 0 Å². The van der Waals surface area contributed by atoms with Crippen LogP contribution in [0.1, 0.15) is 18.4 Å². The molecule has 7 heteroatoms. The van der Waals surface area contributed by atoms with E-state index in [-0.39, 0.29) is 17.4 Å². The summed E-state index contributed by atoms with van der Waals surface area (Å²) in [6.45, 7) is -1.04. The molecular formula is C12H13ClF3N3. The van der Waals surface area contributed by atoms with Crippen molar-refractivity contribution in [1.82, 2.24) is 0 Å². The first kappa shape index (κ1) is 14.0. The average molecular weight is 292 g/mol. The molecule has 1 aromatic carbocycles. The van der Waals surface area contributed by atoms with Gasteiger partial charge in [0.1, 0.15) is 12.4 Å². The van der Waals surface area contributed by atoms with Gasteiger partial charge in [-0.3, -0.25) is 5.41 Å². The number of nitrogens with one attached hydrogen (secondary N) is 1. The molecule has 0 amide bonds. The third kappa shape index (κ3) is 3.53. The van der Waals surface area contributed by atoms with Crippen molar-refractivity contribution in [1.29, 1.82) is 5.41 Å². The second kappa shape index (κ2) is 4.92. The number of nitrogens with two attached hydrogens (primary N) is 1. The van der Waals surface area contributed by atoms with E-state index in [0.29, 0.717) is 10.7 Å². The summed E-state index contributed by atoms with van der Waals surface area (Å²) in [4.78, 5) is 1.26. The fourth-order valence-electron chi connectivity index (χ4n) is 1.96. The van der Waals surface area contributed by atoms with Crippen molar-refractivity contribution in [3.05, 3.63) is 28.8 Å². The van der Waals surface area contributed by atoms with Gasteiger partial charge in [-0.1, -0.05) is 11.6 Å². The number of hydrogen-bond acceptors (Lipinski definition) is 2. The molecule has 0 unspecified atom stereocenters. The molecule has 3 nitrogen and oxygen atoms in total. The Labute approximate surface area is 113 Å². The minimum atomic E-state index is -4.30. The lowest BCUT2D eigenvalue weighted by Gasteiger charge is -2.28. The van der Waals surface area contributed by atoms with E-state index in [4.69, 9.17) is 22.7 Å². The van der Waals surface area contributed by atoms with E-state index < -0.39 is 12.7 Å². The number of anilines is 1. The van der Waals surface area contributed by atoms with Crippen LogP contribution >= 0.6 is 11.6 Å². The summed E-state index contributed by atoms with van der Waals surface area (Å²) in [5.41, 5.74) is 5.98. The van der Waals surface area contributed by atoms with Crippen LogP contribution in [0.2, 0.25) is 5.02 Å². The summed E-state index contributed by atoms with van der Waals surface area (Å²) in [6.07, 6.45) is -2.86. The lowest BCUT2D eigenvalue weighted by Crippen LogP contribution is -2.37. The number of halogens is 4. The van der Waals surface area contributed by atoms with Crippen molar-refractivity contribution < 1.29 is 13.2 Å². The summed E-state index contributed by atoms with van der Waals surface area (Å²) >= 11 is 5.80. The molecule has 1 saturated carbocycles.